The lowest BCUT2D eigenvalue weighted by atomic mass is 10.1. The molecule has 0 aliphatic heterocycles. The third kappa shape index (κ3) is 6.27. The molecule has 21 heavy (non-hydrogen) atoms. The van der Waals surface area contributed by atoms with Crippen LogP contribution >= 0.6 is 0 Å². The summed E-state index contributed by atoms with van der Waals surface area (Å²) in [5, 5.41) is 15.2. The number of carbonyl (C=O) groups excluding carboxylic acids is 1. The van der Waals surface area contributed by atoms with Gasteiger partial charge in [-0.15, -0.1) is 0 Å². The first-order valence-electron chi connectivity index (χ1n) is 7.67. The summed E-state index contributed by atoms with van der Waals surface area (Å²) in [6, 6.07) is 6.35. The van der Waals surface area contributed by atoms with Crippen molar-refractivity contribution < 1.29 is 9.90 Å². The molecule has 0 saturated carbocycles. The third-order valence-electron chi connectivity index (χ3n) is 3.73. The minimum absolute atomic E-state index is 0.0260. The van der Waals surface area contributed by atoms with Gasteiger partial charge in [-0.25, -0.2) is 0 Å². The van der Waals surface area contributed by atoms with Crippen LogP contribution in [0.5, 0.6) is 0 Å². The Morgan fingerprint density at radius 1 is 1.24 bits per heavy atom. The van der Waals surface area contributed by atoms with Crippen LogP contribution in [0.1, 0.15) is 44.2 Å². The number of aryl methyl sites for hydroxylation is 1. The van der Waals surface area contributed by atoms with Gasteiger partial charge in [0.15, 0.2) is 0 Å². The summed E-state index contributed by atoms with van der Waals surface area (Å²) < 4.78 is 0. The molecule has 2 unspecified atom stereocenters. The van der Waals surface area contributed by atoms with Crippen molar-refractivity contribution in [2.75, 3.05) is 11.9 Å². The van der Waals surface area contributed by atoms with E-state index in [1.54, 1.807) is 0 Å². The number of anilines is 1. The second-order valence-electron chi connectivity index (χ2n) is 5.83. The molecule has 2 atom stereocenters. The Kier molecular flexibility index (Phi) is 7.40. The Morgan fingerprint density at radius 3 is 2.62 bits per heavy atom. The lowest BCUT2D eigenvalue weighted by Gasteiger charge is -2.20. The number of rotatable bonds is 8. The predicted molar refractivity (Wildman–Crippen MR) is 87.5 cm³/mol. The molecule has 118 valence electrons. The first-order valence-corrected chi connectivity index (χ1v) is 7.67. The maximum absolute atomic E-state index is 12.1. The van der Waals surface area contributed by atoms with Crippen LogP contribution in [-0.4, -0.2) is 29.7 Å². The van der Waals surface area contributed by atoms with Gasteiger partial charge < -0.3 is 15.7 Å². The van der Waals surface area contributed by atoms with E-state index in [0.29, 0.717) is 12.5 Å². The van der Waals surface area contributed by atoms with E-state index in [2.05, 4.69) is 17.6 Å². The van der Waals surface area contributed by atoms with Crippen molar-refractivity contribution in [3.8, 4) is 0 Å². The molecule has 0 aliphatic carbocycles. The highest BCUT2D eigenvalue weighted by Gasteiger charge is 2.12. The molecule has 1 aromatic carbocycles. The molecule has 0 radical (unpaired) electrons. The molecule has 1 rings (SSSR count). The lowest BCUT2D eigenvalue weighted by Crippen LogP contribution is -2.37. The Morgan fingerprint density at radius 2 is 1.95 bits per heavy atom. The smallest absolute Gasteiger partial charge is 0.225 e. The molecule has 3 N–H and O–H groups in total. The summed E-state index contributed by atoms with van der Waals surface area (Å²) >= 11 is 0. The lowest BCUT2D eigenvalue weighted by molar-refractivity contribution is -0.116. The molecule has 0 aliphatic rings. The third-order valence-corrected chi connectivity index (χ3v) is 3.73. The minimum Gasteiger partial charge on any atom is -0.396 e. The van der Waals surface area contributed by atoms with Gasteiger partial charge in [-0.05, 0) is 57.7 Å². The molecular weight excluding hydrogens is 264 g/mol. The number of hydrogen-bond donors (Lipinski definition) is 3. The van der Waals surface area contributed by atoms with Crippen LogP contribution in [0.15, 0.2) is 18.2 Å². The van der Waals surface area contributed by atoms with Crippen molar-refractivity contribution in [2.45, 2.75) is 59.0 Å². The monoisotopic (exact) mass is 292 g/mol. The number of amides is 1. The van der Waals surface area contributed by atoms with Crippen LogP contribution in [0.25, 0.3) is 0 Å². The topological polar surface area (TPSA) is 61.4 Å². The van der Waals surface area contributed by atoms with Crippen molar-refractivity contribution in [3.63, 3.8) is 0 Å². The molecule has 0 heterocycles. The van der Waals surface area contributed by atoms with E-state index in [9.17, 15) is 4.79 Å². The summed E-state index contributed by atoms with van der Waals surface area (Å²) in [6.45, 7) is 8.36. The van der Waals surface area contributed by atoms with E-state index in [1.165, 1.54) is 5.56 Å². The van der Waals surface area contributed by atoms with E-state index in [4.69, 9.17) is 5.11 Å². The van der Waals surface area contributed by atoms with Crippen molar-refractivity contribution in [2.24, 2.45) is 0 Å². The second-order valence-corrected chi connectivity index (χ2v) is 5.83. The van der Waals surface area contributed by atoms with Gasteiger partial charge >= 0.3 is 0 Å². The molecule has 0 saturated heterocycles. The predicted octanol–water partition coefficient (Wildman–Crippen LogP) is 2.77. The molecule has 0 bridgehead atoms. The highest BCUT2D eigenvalue weighted by molar-refractivity contribution is 5.92. The SMILES string of the molecule is Cc1cccc(NC(=O)CC(C)NC(C)CCCO)c1C. The van der Waals surface area contributed by atoms with E-state index < -0.39 is 0 Å². The Bertz CT molecular complexity index is 460. The normalized spacial score (nSPS) is 13.8. The number of hydrogen-bond acceptors (Lipinski definition) is 3. The molecule has 1 aromatic rings. The van der Waals surface area contributed by atoms with Gasteiger partial charge in [0.05, 0.1) is 0 Å². The van der Waals surface area contributed by atoms with Crippen LogP contribution < -0.4 is 10.6 Å². The fourth-order valence-corrected chi connectivity index (χ4v) is 2.39. The first-order chi connectivity index (χ1) is 9.93. The van der Waals surface area contributed by atoms with Crippen LogP contribution in [0.3, 0.4) is 0 Å². The van der Waals surface area contributed by atoms with Crippen molar-refractivity contribution >= 4 is 11.6 Å². The average Bonchev–Trinajstić information content (AvgIpc) is 2.41. The fraction of sp³-hybridized carbons (Fsp3) is 0.588. The molecule has 0 aromatic heterocycles. The Balaban J connectivity index is 2.44. The van der Waals surface area contributed by atoms with Crippen LogP contribution in [0, 0.1) is 13.8 Å². The van der Waals surface area contributed by atoms with Gasteiger partial charge in [0.2, 0.25) is 5.91 Å². The number of aliphatic hydroxyl groups excluding tert-OH is 1. The second kappa shape index (κ2) is 8.80. The van der Waals surface area contributed by atoms with Crippen molar-refractivity contribution in [1.82, 2.24) is 5.32 Å². The first kappa shape index (κ1) is 17.7. The van der Waals surface area contributed by atoms with Crippen molar-refractivity contribution in [1.29, 1.82) is 0 Å². The zero-order chi connectivity index (χ0) is 15.8. The molecule has 0 spiro atoms. The standard InChI is InChI=1S/C17H28N2O2/c1-12-7-5-9-16(15(12)4)19-17(21)11-14(3)18-13(2)8-6-10-20/h5,7,9,13-14,18,20H,6,8,10-11H2,1-4H3,(H,19,21). The van der Waals surface area contributed by atoms with Crippen LogP contribution in [-0.2, 0) is 4.79 Å². The Labute approximate surface area is 128 Å². The number of benzene rings is 1. The maximum atomic E-state index is 12.1. The number of carbonyl (C=O) groups is 1. The Hall–Kier alpha value is -1.39. The van der Waals surface area contributed by atoms with E-state index in [-0.39, 0.29) is 18.6 Å². The van der Waals surface area contributed by atoms with Crippen molar-refractivity contribution in [3.05, 3.63) is 29.3 Å². The van der Waals surface area contributed by atoms with E-state index in [0.717, 1.165) is 24.1 Å². The molecule has 4 heteroatoms. The van der Waals surface area contributed by atoms with Gasteiger partial charge in [0, 0.05) is 30.8 Å². The largest absolute Gasteiger partial charge is 0.396 e. The summed E-state index contributed by atoms with van der Waals surface area (Å²) in [7, 11) is 0. The molecular formula is C17H28N2O2. The highest BCUT2D eigenvalue weighted by Crippen LogP contribution is 2.18. The summed E-state index contributed by atoms with van der Waals surface area (Å²) in [5.41, 5.74) is 3.18. The quantitative estimate of drug-likeness (QED) is 0.690. The van der Waals surface area contributed by atoms with Gasteiger partial charge in [0.1, 0.15) is 0 Å². The van der Waals surface area contributed by atoms with E-state index in [1.807, 2.05) is 39.0 Å². The highest BCUT2D eigenvalue weighted by atomic mass is 16.2. The fourth-order valence-electron chi connectivity index (χ4n) is 2.39. The molecule has 1 amide bonds. The summed E-state index contributed by atoms with van der Waals surface area (Å²) in [5.74, 6) is 0.0260. The zero-order valence-corrected chi connectivity index (χ0v) is 13.6. The maximum Gasteiger partial charge on any atom is 0.225 e. The molecule has 4 nitrogen and oxygen atoms in total. The summed E-state index contributed by atoms with van der Waals surface area (Å²) in [4.78, 5) is 12.1. The number of aliphatic hydroxyl groups is 1. The summed E-state index contributed by atoms with van der Waals surface area (Å²) in [6.07, 6.45) is 2.14. The number of nitrogens with one attached hydrogen (secondary N) is 2. The van der Waals surface area contributed by atoms with Gasteiger partial charge in [0.25, 0.3) is 0 Å². The van der Waals surface area contributed by atoms with Crippen LogP contribution in [0.4, 0.5) is 5.69 Å². The van der Waals surface area contributed by atoms with Gasteiger partial charge in [-0.3, -0.25) is 4.79 Å². The van der Waals surface area contributed by atoms with Gasteiger partial charge in [-0.2, -0.15) is 0 Å². The van der Waals surface area contributed by atoms with Crippen LogP contribution in [0.2, 0.25) is 0 Å². The minimum atomic E-state index is 0.0260. The zero-order valence-electron chi connectivity index (χ0n) is 13.6. The molecule has 0 fully saturated rings. The van der Waals surface area contributed by atoms with Gasteiger partial charge in [-0.1, -0.05) is 12.1 Å². The average molecular weight is 292 g/mol. The van der Waals surface area contributed by atoms with E-state index >= 15 is 0 Å².